The Labute approximate surface area is 158 Å². The summed E-state index contributed by atoms with van der Waals surface area (Å²) in [6, 6.07) is 16.9. The van der Waals surface area contributed by atoms with Gasteiger partial charge in [-0.05, 0) is 36.1 Å². The van der Waals surface area contributed by atoms with E-state index in [0.717, 1.165) is 11.1 Å². The lowest BCUT2D eigenvalue weighted by Crippen LogP contribution is -2.22. The summed E-state index contributed by atoms with van der Waals surface area (Å²) in [6.45, 7) is 0.527. The first-order valence-corrected chi connectivity index (χ1v) is 8.89. The van der Waals surface area contributed by atoms with Gasteiger partial charge in [-0.25, -0.2) is 5.43 Å². The molecule has 0 aromatic heterocycles. The molecule has 0 bridgehead atoms. The highest BCUT2D eigenvalue weighted by Crippen LogP contribution is 2.07. The van der Waals surface area contributed by atoms with Gasteiger partial charge >= 0.3 is 0 Å². The molecule has 0 unspecified atom stereocenters. The van der Waals surface area contributed by atoms with Gasteiger partial charge in [-0.15, -0.1) is 0 Å². The first kappa shape index (κ1) is 19.7. The molecular formula is C20H22ClN3O2. The second-order valence-electron chi connectivity index (χ2n) is 5.81. The third kappa shape index (κ3) is 7.94. The van der Waals surface area contributed by atoms with Crippen molar-refractivity contribution < 1.29 is 9.59 Å². The molecule has 2 aromatic rings. The zero-order valence-corrected chi connectivity index (χ0v) is 15.2. The van der Waals surface area contributed by atoms with Crippen LogP contribution in [0.4, 0.5) is 0 Å². The van der Waals surface area contributed by atoms with E-state index in [2.05, 4.69) is 15.8 Å². The van der Waals surface area contributed by atoms with Crippen LogP contribution in [0, 0.1) is 0 Å². The first-order valence-electron chi connectivity index (χ1n) is 8.51. The van der Waals surface area contributed by atoms with E-state index in [1.807, 2.05) is 42.5 Å². The van der Waals surface area contributed by atoms with Gasteiger partial charge in [-0.1, -0.05) is 54.1 Å². The van der Waals surface area contributed by atoms with E-state index in [1.54, 1.807) is 18.3 Å². The lowest BCUT2D eigenvalue weighted by Gasteiger charge is -2.05. The summed E-state index contributed by atoms with van der Waals surface area (Å²) in [7, 11) is 0. The number of rotatable bonds is 9. The van der Waals surface area contributed by atoms with Crippen LogP contribution in [0.2, 0.25) is 5.02 Å². The number of halogens is 1. The lowest BCUT2D eigenvalue weighted by atomic mass is 10.1. The summed E-state index contributed by atoms with van der Waals surface area (Å²) < 4.78 is 0. The monoisotopic (exact) mass is 371 g/mol. The van der Waals surface area contributed by atoms with E-state index < -0.39 is 0 Å². The number of carbonyl (C=O) groups excluding carboxylic acids is 2. The van der Waals surface area contributed by atoms with Crippen LogP contribution in [0.3, 0.4) is 0 Å². The normalized spacial score (nSPS) is 10.7. The zero-order chi connectivity index (χ0) is 18.6. The molecule has 0 saturated carbocycles. The minimum Gasteiger partial charge on any atom is -0.352 e. The molecule has 26 heavy (non-hydrogen) atoms. The van der Waals surface area contributed by atoms with Crippen molar-refractivity contribution in [2.75, 3.05) is 0 Å². The van der Waals surface area contributed by atoms with Crippen LogP contribution in [0.15, 0.2) is 59.7 Å². The van der Waals surface area contributed by atoms with Gasteiger partial charge in [0.2, 0.25) is 11.8 Å². The lowest BCUT2D eigenvalue weighted by molar-refractivity contribution is -0.123. The maximum Gasteiger partial charge on any atom is 0.240 e. The van der Waals surface area contributed by atoms with Crippen LogP contribution >= 0.6 is 11.6 Å². The van der Waals surface area contributed by atoms with E-state index in [-0.39, 0.29) is 11.8 Å². The topological polar surface area (TPSA) is 70.6 Å². The van der Waals surface area contributed by atoms with Gasteiger partial charge in [0.1, 0.15) is 0 Å². The summed E-state index contributed by atoms with van der Waals surface area (Å²) in [5.74, 6) is -0.171. The largest absolute Gasteiger partial charge is 0.352 e. The molecule has 0 aliphatic rings. The van der Waals surface area contributed by atoms with Gasteiger partial charge in [0, 0.05) is 24.4 Å². The Morgan fingerprint density at radius 3 is 2.27 bits per heavy atom. The van der Waals surface area contributed by atoms with Crippen molar-refractivity contribution in [1.29, 1.82) is 0 Å². The van der Waals surface area contributed by atoms with Gasteiger partial charge in [0.25, 0.3) is 0 Å². The van der Waals surface area contributed by atoms with Crippen molar-refractivity contribution in [3.63, 3.8) is 0 Å². The molecule has 0 spiro atoms. The van der Waals surface area contributed by atoms with Gasteiger partial charge in [0.15, 0.2) is 0 Å². The third-order valence-corrected chi connectivity index (χ3v) is 3.92. The number of hydrogen-bond donors (Lipinski definition) is 2. The van der Waals surface area contributed by atoms with Crippen LogP contribution in [-0.2, 0) is 16.1 Å². The van der Waals surface area contributed by atoms with Crippen LogP contribution < -0.4 is 10.7 Å². The second-order valence-corrected chi connectivity index (χ2v) is 6.25. The van der Waals surface area contributed by atoms with Gasteiger partial charge < -0.3 is 5.32 Å². The van der Waals surface area contributed by atoms with Crippen molar-refractivity contribution in [2.24, 2.45) is 5.10 Å². The fourth-order valence-electron chi connectivity index (χ4n) is 2.24. The number of hydrogen-bond acceptors (Lipinski definition) is 3. The molecule has 2 amide bonds. The molecule has 2 rings (SSSR count). The maximum absolute atomic E-state index is 11.8. The Balaban J connectivity index is 1.55. The summed E-state index contributed by atoms with van der Waals surface area (Å²) in [5.41, 5.74) is 4.40. The molecule has 0 fully saturated rings. The molecule has 0 aliphatic heterocycles. The Kier molecular flexibility index (Phi) is 8.36. The average molecular weight is 372 g/mol. The van der Waals surface area contributed by atoms with Crippen LogP contribution in [0.1, 0.15) is 36.8 Å². The van der Waals surface area contributed by atoms with Crippen molar-refractivity contribution in [3.8, 4) is 0 Å². The van der Waals surface area contributed by atoms with Crippen molar-refractivity contribution >= 4 is 29.6 Å². The Morgan fingerprint density at radius 1 is 0.923 bits per heavy atom. The minimum atomic E-state index is -0.167. The molecule has 6 heteroatoms. The highest BCUT2D eigenvalue weighted by molar-refractivity contribution is 6.30. The highest BCUT2D eigenvalue weighted by Gasteiger charge is 2.03. The minimum absolute atomic E-state index is 0.00461. The molecule has 5 nitrogen and oxygen atoms in total. The summed E-state index contributed by atoms with van der Waals surface area (Å²) in [5, 5.41) is 7.42. The Bertz CT molecular complexity index is 730. The fourth-order valence-corrected chi connectivity index (χ4v) is 2.37. The standard InChI is InChI=1S/C20H22ClN3O2/c21-18-12-10-17(11-13-18)15-23-24-20(26)9-5-4-8-19(25)22-14-16-6-2-1-3-7-16/h1-3,6-7,10-13,15H,4-5,8-9,14H2,(H,22,25)(H,24,26)/b23-15+. The molecule has 0 radical (unpaired) electrons. The smallest absolute Gasteiger partial charge is 0.240 e. The molecule has 0 atom stereocenters. The van der Waals surface area contributed by atoms with Crippen LogP contribution in [0.25, 0.3) is 0 Å². The number of carbonyl (C=O) groups is 2. The number of amides is 2. The summed E-state index contributed by atoms with van der Waals surface area (Å²) >= 11 is 5.80. The molecule has 0 heterocycles. The third-order valence-electron chi connectivity index (χ3n) is 3.66. The molecule has 2 aromatic carbocycles. The Morgan fingerprint density at radius 2 is 1.58 bits per heavy atom. The predicted molar refractivity (Wildman–Crippen MR) is 104 cm³/mol. The quantitative estimate of drug-likeness (QED) is 0.401. The van der Waals surface area contributed by atoms with Crippen molar-refractivity contribution in [1.82, 2.24) is 10.7 Å². The van der Waals surface area contributed by atoms with Gasteiger partial charge in [0.05, 0.1) is 6.21 Å². The Hall–Kier alpha value is -2.66. The number of nitrogens with zero attached hydrogens (tertiary/aromatic N) is 1. The SMILES string of the molecule is O=C(CCCCC(=O)N/N=C/c1ccc(Cl)cc1)NCc1ccccc1. The van der Waals surface area contributed by atoms with E-state index in [1.165, 1.54) is 0 Å². The number of unbranched alkanes of at least 4 members (excludes halogenated alkanes) is 1. The first-order chi connectivity index (χ1) is 12.6. The molecule has 0 saturated heterocycles. The van der Waals surface area contributed by atoms with Crippen LogP contribution in [0.5, 0.6) is 0 Å². The summed E-state index contributed by atoms with van der Waals surface area (Å²) in [6.07, 6.45) is 3.61. The molecule has 0 aliphatic carbocycles. The summed E-state index contributed by atoms with van der Waals surface area (Å²) in [4.78, 5) is 23.5. The number of benzene rings is 2. The van der Waals surface area contributed by atoms with E-state index in [9.17, 15) is 9.59 Å². The average Bonchev–Trinajstić information content (AvgIpc) is 2.66. The second kappa shape index (κ2) is 11.1. The zero-order valence-electron chi connectivity index (χ0n) is 14.5. The van der Waals surface area contributed by atoms with E-state index in [4.69, 9.17) is 11.6 Å². The number of hydrazone groups is 1. The molecule has 2 N–H and O–H groups in total. The predicted octanol–water partition coefficient (Wildman–Crippen LogP) is 3.67. The maximum atomic E-state index is 11.8. The van der Waals surface area contributed by atoms with Gasteiger partial charge in [-0.3, -0.25) is 9.59 Å². The van der Waals surface area contributed by atoms with E-state index >= 15 is 0 Å². The van der Waals surface area contributed by atoms with Crippen molar-refractivity contribution in [2.45, 2.75) is 32.2 Å². The molecular weight excluding hydrogens is 350 g/mol. The van der Waals surface area contributed by atoms with Crippen molar-refractivity contribution in [3.05, 3.63) is 70.7 Å². The number of nitrogens with one attached hydrogen (secondary N) is 2. The fraction of sp³-hybridized carbons (Fsp3) is 0.250. The highest BCUT2D eigenvalue weighted by atomic mass is 35.5. The molecule has 136 valence electrons. The van der Waals surface area contributed by atoms with Gasteiger partial charge in [-0.2, -0.15) is 5.10 Å². The van der Waals surface area contributed by atoms with Crippen LogP contribution in [-0.4, -0.2) is 18.0 Å². The van der Waals surface area contributed by atoms with E-state index in [0.29, 0.717) is 37.3 Å².